The van der Waals surface area contributed by atoms with Crippen molar-refractivity contribution < 1.29 is 57.6 Å². The van der Waals surface area contributed by atoms with Crippen LogP contribution in [0, 0.1) is 0 Å². The minimum atomic E-state index is -1.06. The molecule has 64 heavy (non-hydrogen) atoms. The van der Waals surface area contributed by atoms with Crippen LogP contribution in [0.15, 0.2) is 84.8 Å². The van der Waals surface area contributed by atoms with E-state index in [1.165, 1.54) is 17.3 Å². The molecule has 0 radical (unpaired) electrons. The topological polar surface area (TPSA) is 260 Å². The number of benzene rings is 3. The number of carbonyl (C=O) groups is 5. The first-order valence-electron chi connectivity index (χ1n) is 20.8. The number of fused-ring (bicyclic) bond motifs is 2. The van der Waals surface area contributed by atoms with Gasteiger partial charge in [0.05, 0.1) is 90.3 Å². The number of nitrogens with one attached hydrogen (secondary N) is 3. The maximum absolute atomic E-state index is 13.3. The second kappa shape index (κ2) is 23.9. The number of carbonyl (C=O) groups excluding carboxylic acids is 5. The summed E-state index contributed by atoms with van der Waals surface area (Å²) in [6, 6.07) is 18.8. The summed E-state index contributed by atoms with van der Waals surface area (Å²) in [7, 11) is 0. The molecule has 1 saturated heterocycles. The molecule has 2 aliphatic heterocycles. The van der Waals surface area contributed by atoms with Crippen LogP contribution in [0.25, 0.3) is 10.9 Å². The Kier molecular flexibility index (Phi) is 17.6. The van der Waals surface area contributed by atoms with Crippen molar-refractivity contribution >= 4 is 46.1 Å². The number of ether oxygens (including phenoxy) is 6. The molecule has 1 aromatic heterocycles. The molecular weight excluding hydrogens is 833 g/mol. The second-order valence-electron chi connectivity index (χ2n) is 14.7. The van der Waals surface area contributed by atoms with Gasteiger partial charge in [-0.1, -0.05) is 24.3 Å². The number of hydrogen-bond acceptors (Lipinski definition) is 16. The van der Waals surface area contributed by atoms with Gasteiger partial charge in [-0.15, -0.1) is 0 Å². The van der Waals surface area contributed by atoms with Gasteiger partial charge < -0.3 is 49.0 Å². The summed E-state index contributed by atoms with van der Waals surface area (Å²) in [6.07, 6.45) is 3.60. The van der Waals surface area contributed by atoms with E-state index in [2.05, 4.69) is 10.6 Å². The molecule has 1 atom stereocenters. The zero-order chi connectivity index (χ0) is 45.3. The Hall–Kier alpha value is -6.39. The Morgan fingerprint density at radius 1 is 0.828 bits per heavy atom. The average molecular weight is 887 g/mol. The van der Waals surface area contributed by atoms with Gasteiger partial charge in [0.25, 0.3) is 17.7 Å². The number of piperidine rings is 1. The Morgan fingerprint density at radius 3 is 2.14 bits per heavy atom. The minimum absolute atomic E-state index is 0.0360. The maximum Gasteiger partial charge on any atom is 0.274 e. The lowest BCUT2D eigenvalue weighted by Gasteiger charge is -2.27. The van der Waals surface area contributed by atoms with Crippen molar-refractivity contribution in [1.29, 1.82) is 0 Å². The van der Waals surface area contributed by atoms with E-state index in [-0.39, 0.29) is 30.5 Å². The molecule has 3 heterocycles. The number of nitrogens with two attached hydrogens (primary N) is 2. The molecule has 5 amide bonds. The number of anilines is 1. The zero-order valence-corrected chi connectivity index (χ0v) is 35.3. The molecule has 3 aromatic carbocycles. The molecule has 0 bridgehead atoms. The summed E-state index contributed by atoms with van der Waals surface area (Å²) in [4.78, 5) is 63.0. The molecule has 20 nitrogen and oxygen atoms in total. The molecule has 0 saturated carbocycles. The van der Waals surface area contributed by atoms with Crippen LogP contribution in [0.3, 0.4) is 0 Å². The van der Waals surface area contributed by atoms with Crippen molar-refractivity contribution in [3.63, 3.8) is 0 Å². The van der Waals surface area contributed by atoms with E-state index in [0.29, 0.717) is 103 Å². The normalized spacial score (nSPS) is 15.1. The molecule has 1 unspecified atom stereocenters. The van der Waals surface area contributed by atoms with E-state index in [0.717, 1.165) is 27.1 Å². The van der Waals surface area contributed by atoms with Crippen LogP contribution in [0.4, 0.5) is 5.69 Å². The highest BCUT2D eigenvalue weighted by molar-refractivity contribution is 6.25. The van der Waals surface area contributed by atoms with Gasteiger partial charge in [-0.25, -0.2) is 11.3 Å². The number of aromatic nitrogens is 1. The molecule has 4 aromatic rings. The van der Waals surface area contributed by atoms with E-state index in [4.69, 9.17) is 45.2 Å². The molecule has 1 fully saturated rings. The lowest BCUT2D eigenvalue weighted by molar-refractivity contribution is -0.136. The van der Waals surface area contributed by atoms with Crippen LogP contribution in [0.2, 0.25) is 0 Å². The van der Waals surface area contributed by atoms with Crippen molar-refractivity contribution in [1.82, 2.24) is 25.3 Å². The summed E-state index contributed by atoms with van der Waals surface area (Å²) in [5.74, 6) is 3.90. The summed E-state index contributed by atoms with van der Waals surface area (Å²) in [6.45, 7) is 5.49. The van der Waals surface area contributed by atoms with E-state index >= 15 is 0 Å². The minimum Gasteiger partial charge on any atom is -0.491 e. The van der Waals surface area contributed by atoms with Crippen molar-refractivity contribution in [3.8, 4) is 5.75 Å². The predicted molar refractivity (Wildman–Crippen MR) is 231 cm³/mol. The Morgan fingerprint density at radius 2 is 1.48 bits per heavy atom. The number of nitrogens with zero attached hydrogens (tertiary/aromatic N) is 3. The summed E-state index contributed by atoms with van der Waals surface area (Å²) >= 11 is 0. The first kappa shape index (κ1) is 47.1. The fourth-order valence-corrected chi connectivity index (χ4v) is 6.97. The van der Waals surface area contributed by atoms with Crippen LogP contribution in [0.5, 0.6) is 5.75 Å². The standard InChI is InChI=1S/C44H54N8O12/c45-33(27-47-36-3-1-2-35-40(36)44(57)52(43(35)56)37-10-11-39(53)48-42(37)55)29-51(46)14-15-59-16-17-60-18-19-61-20-21-62-22-23-63-24-25-64-34-8-4-30(5-9-34)28-50-13-12-31-6-7-32(26-38(31)50)41(54)49-58/h1-9,12-13,26,29,37,47,58H,10-11,14-25,27-28,45-46H2,(H,49,54)(H,48,53,55)/b33-29-. The number of hydrazine groups is 1. The average Bonchev–Trinajstić information content (AvgIpc) is 3.81. The quantitative estimate of drug-likeness (QED) is 0.0164. The third kappa shape index (κ3) is 13.1. The van der Waals surface area contributed by atoms with Gasteiger partial charge in [0.1, 0.15) is 18.4 Å². The summed E-state index contributed by atoms with van der Waals surface area (Å²) in [5.41, 5.74) is 11.2. The van der Waals surface area contributed by atoms with Crippen LogP contribution >= 0.6 is 0 Å². The number of amides is 5. The highest BCUT2D eigenvalue weighted by atomic mass is 16.6. The van der Waals surface area contributed by atoms with E-state index in [9.17, 15) is 24.0 Å². The van der Waals surface area contributed by atoms with Gasteiger partial charge in [0.15, 0.2) is 0 Å². The summed E-state index contributed by atoms with van der Waals surface area (Å²) < 4.78 is 35.6. The van der Waals surface area contributed by atoms with Crippen molar-refractivity contribution in [2.45, 2.75) is 25.4 Å². The fourth-order valence-electron chi connectivity index (χ4n) is 6.97. The van der Waals surface area contributed by atoms with Gasteiger partial charge in [-0.05, 0) is 59.8 Å². The predicted octanol–water partition coefficient (Wildman–Crippen LogP) is 1.76. The Labute approximate surface area is 369 Å². The highest BCUT2D eigenvalue weighted by Gasteiger charge is 2.45. The van der Waals surface area contributed by atoms with Gasteiger partial charge in [-0.2, -0.15) is 0 Å². The van der Waals surface area contributed by atoms with E-state index in [1.807, 2.05) is 47.2 Å². The Balaban J connectivity index is 0.725. The summed E-state index contributed by atoms with van der Waals surface area (Å²) in [5, 5.41) is 16.6. The third-order valence-electron chi connectivity index (χ3n) is 10.2. The second-order valence-corrected chi connectivity index (χ2v) is 14.7. The molecule has 20 heteroatoms. The molecule has 2 aliphatic rings. The van der Waals surface area contributed by atoms with Crippen molar-refractivity contribution in [3.05, 3.63) is 107 Å². The molecule has 8 N–H and O–H groups in total. The molecular formula is C44H54N8O12. The fraction of sp³-hybridized carbons (Fsp3) is 0.386. The third-order valence-corrected chi connectivity index (χ3v) is 10.2. The molecule has 0 aliphatic carbocycles. The van der Waals surface area contributed by atoms with Crippen LogP contribution < -0.4 is 32.4 Å². The Bertz CT molecular complexity index is 2270. The maximum atomic E-state index is 13.3. The first-order valence-corrected chi connectivity index (χ1v) is 20.8. The van der Waals surface area contributed by atoms with Gasteiger partial charge >= 0.3 is 0 Å². The van der Waals surface area contributed by atoms with E-state index in [1.54, 1.807) is 29.7 Å². The lowest BCUT2D eigenvalue weighted by Crippen LogP contribution is -2.54. The SMILES string of the molecule is N/C(=C\N(N)CCOCCOCCOCCOCCOCCOc1ccc(Cn2ccc3ccc(C(=O)NO)cc32)cc1)CNc1cccc2c1C(=O)N(C1CCC(=O)NC1=O)C2=O. The van der Waals surface area contributed by atoms with Gasteiger partial charge in [-0.3, -0.25) is 39.4 Å². The number of imide groups is 2. The first-order chi connectivity index (χ1) is 31.1. The highest BCUT2D eigenvalue weighted by Crippen LogP contribution is 2.32. The monoisotopic (exact) mass is 886 g/mol. The largest absolute Gasteiger partial charge is 0.491 e. The zero-order valence-electron chi connectivity index (χ0n) is 35.3. The van der Waals surface area contributed by atoms with Crippen LogP contribution in [-0.4, -0.2) is 141 Å². The molecule has 0 spiro atoms. The van der Waals surface area contributed by atoms with E-state index < -0.39 is 35.6 Å². The smallest absolute Gasteiger partial charge is 0.274 e. The van der Waals surface area contributed by atoms with Gasteiger partial charge in [0.2, 0.25) is 11.8 Å². The van der Waals surface area contributed by atoms with Crippen LogP contribution in [0.1, 0.15) is 49.5 Å². The van der Waals surface area contributed by atoms with Crippen molar-refractivity contribution in [2.24, 2.45) is 11.6 Å². The number of hydrogen-bond donors (Lipinski definition) is 6. The van der Waals surface area contributed by atoms with Gasteiger partial charge in [0, 0.05) is 47.8 Å². The van der Waals surface area contributed by atoms with Crippen molar-refractivity contribution in [2.75, 3.05) is 91.1 Å². The lowest BCUT2D eigenvalue weighted by atomic mass is 10.0. The van der Waals surface area contributed by atoms with Crippen LogP contribution in [-0.2, 0) is 39.8 Å². The molecule has 342 valence electrons. The number of hydroxylamine groups is 1. The number of rotatable bonds is 27. The molecule has 6 rings (SSSR count).